The van der Waals surface area contributed by atoms with Crippen molar-refractivity contribution in [1.82, 2.24) is 0 Å². The van der Waals surface area contributed by atoms with Crippen LogP contribution in [0.5, 0.6) is 0 Å². The first-order valence-corrected chi connectivity index (χ1v) is 43.0. The fraction of sp³-hybridized carbons (Fsp3) is 0.948. The van der Waals surface area contributed by atoms with E-state index in [4.69, 9.17) is 37.0 Å². The lowest BCUT2D eigenvalue weighted by Gasteiger charge is -2.21. The number of esters is 4. The quantitative estimate of drug-likeness (QED) is 0.0222. The van der Waals surface area contributed by atoms with Crippen molar-refractivity contribution in [3.05, 3.63) is 0 Å². The minimum Gasteiger partial charge on any atom is -0.462 e. The van der Waals surface area contributed by atoms with Crippen molar-refractivity contribution in [1.29, 1.82) is 0 Å². The molecule has 0 heterocycles. The highest BCUT2D eigenvalue weighted by atomic mass is 31.2. The van der Waals surface area contributed by atoms with E-state index in [0.717, 1.165) is 102 Å². The molecule has 3 unspecified atom stereocenters. The van der Waals surface area contributed by atoms with Gasteiger partial charge in [0.1, 0.15) is 19.3 Å². The predicted molar refractivity (Wildman–Crippen MR) is 391 cm³/mol. The molecule has 0 fully saturated rings. The monoisotopic (exact) mass is 1410 g/mol. The summed E-state index contributed by atoms with van der Waals surface area (Å²) in [6.45, 7) is 9.61. The second kappa shape index (κ2) is 68.8. The second-order valence-corrected chi connectivity index (χ2v) is 31.4. The molecule has 0 saturated heterocycles. The van der Waals surface area contributed by atoms with Crippen molar-refractivity contribution in [2.75, 3.05) is 39.6 Å². The zero-order valence-electron chi connectivity index (χ0n) is 62.7. The average molecular weight is 1410 g/mol. The number of carbonyl (C=O) groups is 4. The SMILES string of the molecule is CCCCCCCCCCCCCCCCCCC(=O)OC[C@H](COP(=O)(O)OC[C@@H](O)COP(=O)(O)OC[C@@H](COC(=O)CCCCCCCCCC(C)C)OC(=O)CCCCCCCCCCCCCC)OC(=O)CCCCCCCCCCCCCCCCC(C)CC. The van der Waals surface area contributed by atoms with Crippen molar-refractivity contribution in [2.45, 2.75) is 419 Å². The molecule has 0 bridgehead atoms. The zero-order valence-corrected chi connectivity index (χ0v) is 64.5. The highest BCUT2D eigenvalue weighted by molar-refractivity contribution is 7.47. The minimum atomic E-state index is -4.96. The molecule has 17 nitrogen and oxygen atoms in total. The number of hydrogen-bond acceptors (Lipinski definition) is 15. The summed E-state index contributed by atoms with van der Waals surface area (Å²) in [6, 6.07) is 0. The molecule has 0 aliphatic heterocycles. The van der Waals surface area contributed by atoms with Gasteiger partial charge in [-0.15, -0.1) is 0 Å². The summed E-state index contributed by atoms with van der Waals surface area (Å²) < 4.78 is 68.6. The molecular weight excluding hydrogens is 1260 g/mol. The van der Waals surface area contributed by atoms with E-state index in [-0.39, 0.29) is 25.7 Å². The third kappa shape index (κ3) is 69.2. The number of ether oxygens (including phenoxy) is 4. The molecule has 0 aliphatic rings. The Bertz CT molecular complexity index is 1860. The maximum atomic E-state index is 13.1. The van der Waals surface area contributed by atoms with Crippen molar-refractivity contribution in [3.8, 4) is 0 Å². The van der Waals surface area contributed by atoms with Gasteiger partial charge in [0.15, 0.2) is 12.2 Å². The molecule has 0 aromatic rings. The van der Waals surface area contributed by atoms with Crippen LogP contribution in [0.15, 0.2) is 0 Å². The number of hydrogen-bond donors (Lipinski definition) is 3. The van der Waals surface area contributed by atoms with Gasteiger partial charge in [-0.3, -0.25) is 37.3 Å². The minimum absolute atomic E-state index is 0.107. The van der Waals surface area contributed by atoms with Crippen LogP contribution in [0.3, 0.4) is 0 Å². The molecule has 0 aromatic heterocycles. The standard InChI is InChI=1S/C77H150O17P2/c1-7-10-12-14-16-18-20-22-23-24-28-32-35-41-47-53-59-74(79)87-65-72(93-77(82)62-56-50-43-37-33-29-26-25-27-30-34-40-46-52-58-70(6)9-3)67-91-95(83,84)89-63-71(78)64-90-96(85,86)92-68-73(66-88-75(80)60-54-48-44-38-39-45-51-57-69(4)5)94-76(81)61-55-49-42-36-31-21-19-17-15-13-11-8-2/h69-73,78H,7-68H2,1-6H3,(H,83,84)(H,85,86)/t70?,71-,72-,73-/m1/s1. The fourth-order valence-corrected chi connectivity index (χ4v) is 13.4. The lowest BCUT2D eigenvalue weighted by molar-refractivity contribution is -0.161. The molecule has 0 aliphatic carbocycles. The number of aliphatic hydroxyl groups is 1. The Kier molecular flexibility index (Phi) is 67.4. The molecule has 570 valence electrons. The maximum Gasteiger partial charge on any atom is 0.472 e. The van der Waals surface area contributed by atoms with Gasteiger partial charge < -0.3 is 33.8 Å². The normalized spacial score (nSPS) is 14.3. The molecule has 0 aromatic carbocycles. The van der Waals surface area contributed by atoms with Crippen LogP contribution in [0.4, 0.5) is 0 Å². The summed E-state index contributed by atoms with van der Waals surface area (Å²) in [4.78, 5) is 72.8. The van der Waals surface area contributed by atoms with E-state index < -0.39 is 97.5 Å². The van der Waals surface area contributed by atoms with Gasteiger partial charge in [0, 0.05) is 25.7 Å². The Morgan fingerprint density at radius 2 is 0.531 bits per heavy atom. The van der Waals surface area contributed by atoms with E-state index in [0.29, 0.717) is 31.6 Å². The van der Waals surface area contributed by atoms with E-state index >= 15 is 0 Å². The summed E-state index contributed by atoms with van der Waals surface area (Å²) in [7, 11) is -9.91. The van der Waals surface area contributed by atoms with Crippen LogP contribution in [0, 0.1) is 11.8 Å². The topological polar surface area (TPSA) is 237 Å². The lowest BCUT2D eigenvalue weighted by atomic mass is 9.99. The molecule has 0 amide bonds. The summed E-state index contributed by atoms with van der Waals surface area (Å²) in [5.74, 6) is -0.562. The zero-order chi connectivity index (χ0) is 70.7. The molecule has 96 heavy (non-hydrogen) atoms. The number of phosphoric acid groups is 2. The van der Waals surface area contributed by atoms with Gasteiger partial charge in [0.2, 0.25) is 0 Å². The number of unbranched alkanes of at least 4 members (excludes halogenated alkanes) is 45. The average Bonchev–Trinajstić information content (AvgIpc) is 1.31. The van der Waals surface area contributed by atoms with Crippen LogP contribution in [-0.4, -0.2) is 96.7 Å². The molecule has 0 radical (unpaired) electrons. The first-order chi connectivity index (χ1) is 46.4. The highest BCUT2D eigenvalue weighted by Gasteiger charge is 2.30. The summed E-state index contributed by atoms with van der Waals surface area (Å²) in [5.41, 5.74) is 0. The van der Waals surface area contributed by atoms with Crippen LogP contribution >= 0.6 is 15.6 Å². The summed E-state index contributed by atoms with van der Waals surface area (Å²) >= 11 is 0. The molecule has 0 saturated carbocycles. The maximum absolute atomic E-state index is 13.1. The van der Waals surface area contributed by atoms with Gasteiger partial charge in [0.05, 0.1) is 26.4 Å². The molecule has 0 rings (SSSR count). The van der Waals surface area contributed by atoms with Crippen LogP contribution in [0.1, 0.15) is 401 Å². The van der Waals surface area contributed by atoms with E-state index in [2.05, 4.69) is 41.5 Å². The van der Waals surface area contributed by atoms with Crippen LogP contribution in [-0.2, 0) is 65.4 Å². The number of rotatable bonds is 76. The van der Waals surface area contributed by atoms with E-state index in [1.807, 2.05) is 0 Å². The van der Waals surface area contributed by atoms with Gasteiger partial charge in [-0.1, -0.05) is 350 Å². The molecule has 0 spiro atoms. The largest absolute Gasteiger partial charge is 0.472 e. The van der Waals surface area contributed by atoms with Crippen molar-refractivity contribution in [2.24, 2.45) is 11.8 Å². The molecule has 3 N–H and O–H groups in total. The third-order valence-electron chi connectivity index (χ3n) is 18.3. The number of carbonyl (C=O) groups excluding carboxylic acids is 4. The number of aliphatic hydroxyl groups excluding tert-OH is 1. The summed E-state index contributed by atoms with van der Waals surface area (Å²) in [5, 5.41) is 10.6. The van der Waals surface area contributed by atoms with Gasteiger partial charge in [0.25, 0.3) is 0 Å². The Hall–Kier alpha value is -1.94. The van der Waals surface area contributed by atoms with Crippen molar-refractivity contribution < 1.29 is 80.2 Å². The van der Waals surface area contributed by atoms with Crippen LogP contribution in [0.25, 0.3) is 0 Å². The van der Waals surface area contributed by atoms with E-state index in [1.54, 1.807) is 0 Å². The number of phosphoric ester groups is 2. The lowest BCUT2D eigenvalue weighted by Crippen LogP contribution is -2.30. The van der Waals surface area contributed by atoms with Crippen LogP contribution in [0.2, 0.25) is 0 Å². The van der Waals surface area contributed by atoms with E-state index in [9.17, 15) is 43.2 Å². The van der Waals surface area contributed by atoms with Gasteiger partial charge in [-0.25, -0.2) is 9.13 Å². The Labute approximate surface area is 588 Å². The van der Waals surface area contributed by atoms with Crippen molar-refractivity contribution in [3.63, 3.8) is 0 Å². The molecule has 19 heteroatoms. The van der Waals surface area contributed by atoms with E-state index in [1.165, 1.54) is 212 Å². The van der Waals surface area contributed by atoms with Crippen LogP contribution < -0.4 is 0 Å². The predicted octanol–water partition coefficient (Wildman–Crippen LogP) is 22.7. The third-order valence-corrected chi connectivity index (χ3v) is 20.2. The fourth-order valence-electron chi connectivity index (χ4n) is 11.8. The Morgan fingerprint density at radius 1 is 0.302 bits per heavy atom. The second-order valence-electron chi connectivity index (χ2n) is 28.5. The Balaban J connectivity index is 5.24. The first kappa shape index (κ1) is 94.1. The van der Waals surface area contributed by atoms with Gasteiger partial charge >= 0.3 is 39.5 Å². The highest BCUT2D eigenvalue weighted by Crippen LogP contribution is 2.45. The Morgan fingerprint density at radius 3 is 0.792 bits per heavy atom. The molecular formula is C77H150O17P2. The van der Waals surface area contributed by atoms with Crippen molar-refractivity contribution >= 4 is 39.5 Å². The molecule has 6 atom stereocenters. The first-order valence-electron chi connectivity index (χ1n) is 40.0. The van der Waals surface area contributed by atoms with Gasteiger partial charge in [-0.05, 0) is 37.5 Å². The smallest absolute Gasteiger partial charge is 0.462 e. The van der Waals surface area contributed by atoms with Gasteiger partial charge in [-0.2, -0.15) is 0 Å². The summed E-state index contributed by atoms with van der Waals surface area (Å²) in [6.07, 6.45) is 56.8.